The number of imidazole rings is 1. The second-order valence-corrected chi connectivity index (χ2v) is 9.76. The van der Waals surface area contributed by atoms with Gasteiger partial charge in [0.1, 0.15) is 23.1 Å². The smallest absolute Gasteiger partial charge is 0.240 e. The van der Waals surface area contributed by atoms with Crippen LogP contribution in [0.25, 0.3) is 22.6 Å². The summed E-state index contributed by atoms with van der Waals surface area (Å²) in [6.45, 7) is 1.92. The topological polar surface area (TPSA) is 91.9 Å². The van der Waals surface area contributed by atoms with E-state index in [1.54, 1.807) is 24.3 Å². The van der Waals surface area contributed by atoms with E-state index in [1.807, 2.05) is 37.3 Å². The molecule has 4 rings (SSSR count). The van der Waals surface area contributed by atoms with Gasteiger partial charge in [-0.3, -0.25) is 4.79 Å². The third-order valence-electron chi connectivity index (χ3n) is 4.88. The van der Waals surface area contributed by atoms with Crippen molar-refractivity contribution in [2.75, 3.05) is 11.1 Å². The van der Waals surface area contributed by atoms with Crippen LogP contribution in [0, 0.1) is 12.7 Å². The maximum absolute atomic E-state index is 13.3. The lowest BCUT2D eigenvalue weighted by atomic mass is 10.1. The van der Waals surface area contributed by atoms with Crippen molar-refractivity contribution in [1.82, 2.24) is 9.97 Å². The van der Waals surface area contributed by atoms with Crippen molar-refractivity contribution in [3.05, 3.63) is 89.2 Å². The Balaban J connectivity index is 1.69. The minimum atomic E-state index is -4.11. The number of hydrogen-bond acceptors (Lipinski definition) is 4. The Morgan fingerprint density at radius 2 is 1.73 bits per heavy atom. The first-order chi connectivity index (χ1) is 15.7. The zero-order chi connectivity index (χ0) is 23.6. The highest BCUT2D eigenvalue weighted by molar-refractivity contribution is 7.92. The Kier molecular flexibility index (Phi) is 6.31. The molecule has 0 bridgehead atoms. The first-order valence-corrected chi connectivity index (χ1v) is 12.0. The van der Waals surface area contributed by atoms with E-state index < -0.39 is 27.3 Å². The van der Waals surface area contributed by atoms with Crippen molar-refractivity contribution in [2.24, 2.45) is 0 Å². The molecule has 1 heterocycles. The zero-order valence-electron chi connectivity index (χ0n) is 17.5. The van der Waals surface area contributed by atoms with Crippen LogP contribution in [0.4, 0.5) is 10.1 Å². The minimum absolute atomic E-state index is 0.155. The van der Waals surface area contributed by atoms with Crippen molar-refractivity contribution >= 4 is 33.0 Å². The number of rotatable bonds is 6. The molecule has 0 aliphatic carbocycles. The van der Waals surface area contributed by atoms with E-state index in [0.29, 0.717) is 17.0 Å². The Hall–Kier alpha value is -3.49. The van der Waals surface area contributed by atoms with Gasteiger partial charge >= 0.3 is 0 Å². The van der Waals surface area contributed by atoms with Crippen LogP contribution in [0.5, 0.6) is 0 Å². The standard InChI is InChI=1S/C24H19ClFN3O3S/c1-15-7-9-16(10-8-15)22-24(29-23(28-22)17-5-3-2-4-6-17)33(31,32)14-21(30)27-18-11-12-20(26)19(25)13-18/h2-13H,14H2,1H3,(H,27,30)(H,28,29). The van der Waals surface area contributed by atoms with Gasteiger partial charge in [-0.25, -0.2) is 17.8 Å². The van der Waals surface area contributed by atoms with E-state index in [0.717, 1.165) is 11.6 Å². The number of anilines is 1. The van der Waals surface area contributed by atoms with Crippen LogP contribution in [-0.2, 0) is 14.6 Å². The minimum Gasteiger partial charge on any atom is -0.329 e. The lowest BCUT2D eigenvalue weighted by Crippen LogP contribution is -2.23. The molecule has 3 aromatic carbocycles. The van der Waals surface area contributed by atoms with Gasteiger partial charge in [0.2, 0.25) is 15.7 Å². The summed E-state index contributed by atoms with van der Waals surface area (Å²) in [5, 5.41) is 2.10. The molecule has 0 radical (unpaired) electrons. The summed E-state index contributed by atoms with van der Waals surface area (Å²) in [5.74, 6) is -1.90. The van der Waals surface area contributed by atoms with Gasteiger partial charge in [0.15, 0.2) is 5.03 Å². The summed E-state index contributed by atoms with van der Waals surface area (Å²) in [6, 6.07) is 20.0. The second kappa shape index (κ2) is 9.17. The molecule has 0 aliphatic heterocycles. The molecule has 0 aliphatic rings. The van der Waals surface area contributed by atoms with Gasteiger partial charge in [0, 0.05) is 16.8 Å². The molecule has 9 heteroatoms. The molecule has 0 spiro atoms. The highest BCUT2D eigenvalue weighted by Crippen LogP contribution is 2.30. The predicted octanol–water partition coefficient (Wildman–Crippen LogP) is 5.26. The van der Waals surface area contributed by atoms with E-state index in [9.17, 15) is 17.6 Å². The SMILES string of the molecule is Cc1ccc(-c2nc(-c3ccccc3)[nH]c2S(=O)(=O)CC(=O)Nc2ccc(F)c(Cl)c2)cc1. The van der Waals surface area contributed by atoms with E-state index in [-0.39, 0.29) is 21.4 Å². The third-order valence-corrected chi connectivity index (χ3v) is 6.73. The van der Waals surface area contributed by atoms with E-state index in [2.05, 4.69) is 15.3 Å². The first-order valence-electron chi connectivity index (χ1n) is 9.93. The summed E-state index contributed by atoms with van der Waals surface area (Å²) >= 11 is 5.73. The summed E-state index contributed by atoms with van der Waals surface area (Å²) in [5.41, 5.74) is 2.74. The highest BCUT2D eigenvalue weighted by Gasteiger charge is 2.27. The number of aryl methyl sites for hydroxylation is 1. The van der Waals surface area contributed by atoms with Gasteiger partial charge in [0.25, 0.3) is 0 Å². The van der Waals surface area contributed by atoms with Crippen LogP contribution < -0.4 is 5.32 Å². The van der Waals surface area contributed by atoms with Crippen LogP contribution in [0.1, 0.15) is 5.56 Å². The number of H-pyrrole nitrogens is 1. The molecule has 6 nitrogen and oxygen atoms in total. The lowest BCUT2D eigenvalue weighted by Gasteiger charge is -2.08. The van der Waals surface area contributed by atoms with Gasteiger partial charge in [-0.1, -0.05) is 71.8 Å². The largest absolute Gasteiger partial charge is 0.329 e. The molecule has 4 aromatic rings. The molecule has 1 aromatic heterocycles. The van der Waals surface area contributed by atoms with Crippen LogP contribution in [0.3, 0.4) is 0 Å². The fourth-order valence-corrected chi connectivity index (χ4v) is 4.69. The highest BCUT2D eigenvalue weighted by atomic mass is 35.5. The van der Waals surface area contributed by atoms with Crippen molar-refractivity contribution in [2.45, 2.75) is 11.9 Å². The quantitative estimate of drug-likeness (QED) is 0.391. The van der Waals surface area contributed by atoms with Crippen LogP contribution >= 0.6 is 11.6 Å². The number of halogens is 2. The number of aromatic nitrogens is 2. The normalized spacial score (nSPS) is 11.4. The number of carbonyl (C=O) groups excluding carboxylic acids is 1. The molecule has 0 fully saturated rings. The van der Waals surface area contributed by atoms with Crippen molar-refractivity contribution in [3.8, 4) is 22.6 Å². The summed E-state index contributed by atoms with van der Waals surface area (Å²) < 4.78 is 39.8. The fraction of sp³-hybridized carbons (Fsp3) is 0.0833. The van der Waals surface area contributed by atoms with Gasteiger partial charge in [-0.05, 0) is 25.1 Å². The van der Waals surface area contributed by atoms with Crippen LogP contribution in [0.15, 0.2) is 77.8 Å². The molecule has 33 heavy (non-hydrogen) atoms. The maximum Gasteiger partial charge on any atom is 0.240 e. The molecule has 168 valence electrons. The number of aromatic amines is 1. The molecule has 0 atom stereocenters. The summed E-state index contributed by atoms with van der Waals surface area (Å²) in [6.07, 6.45) is 0. The van der Waals surface area contributed by atoms with E-state index >= 15 is 0 Å². The molecule has 1 amide bonds. The second-order valence-electron chi connectivity index (χ2n) is 7.43. The number of benzene rings is 3. The van der Waals surface area contributed by atoms with Crippen LogP contribution in [-0.4, -0.2) is 30.0 Å². The van der Waals surface area contributed by atoms with Crippen molar-refractivity contribution in [3.63, 3.8) is 0 Å². The molecule has 0 saturated heterocycles. The summed E-state index contributed by atoms with van der Waals surface area (Å²) in [4.78, 5) is 19.9. The zero-order valence-corrected chi connectivity index (χ0v) is 19.0. The number of carbonyl (C=O) groups is 1. The van der Waals surface area contributed by atoms with Gasteiger partial charge in [0.05, 0.1) is 5.02 Å². The monoisotopic (exact) mass is 483 g/mol. The van der Waals surface area contributed by atoms with E-state index in [4.69, 9.17) is 11.6 Å². The van der Waals surface area contributed by atoms with Crippen LogP contribution in [0.2, 0.25) is 5.02 Å². The number of amides is 1. The number of sulfone groups is 1. The molecular weight excluding hydrogens is 465 g/mol. The Morgan fingerprint density at radius 3 is 2.39 bits per heavy atom. The number of nitrogens with one attached hydrogen (secondary N) is 2. The first kappa shape index (κ1) is 22.7. The molecular formula is C24H19ClFN3O3S. The Morgan fingerprint density at radius 1 is 1.03 bits per heavy atom. The summed E-state index contributed by atoms with van der Waals surface area (Å²) in [7, 11) is -4.11. The van der Waals surface area contributed by atoms with Gasteiger partial charge < -0.3 is 10.3 Å². The van der Waals surface area contributed by atoms with E-state index in [1.165, 1.54) is 12.1 Å². The number of hydrogen-bond donors (Lipinski definition) is 2. The average Bonchev–Trinajstić information content (AvgIpc) is 3.24. The molecule has 2 N–H and O–H groups in total. The van der Waals surface area contributed by atoms with Crippen molar-refractivity contribution < 1.29 is 17.6 Å². The maximum atomic E-state index is 13.3. The predicted molar refractivity (Wildman–Crippen MR) is 126 cm³/mol. The molecule has 0 saturated carbocycles. The Bertz CT molecular complexity index is 1420. The number of nitrogens with zero attached hydrogens (tertiary/aromatic N) is 1. The van der Waals surface area contributed by atoms with Gasteiger partial charge in [-0.15, -0.1) is 0 Å². The lowest BCUT2D eigenvalue weighted by molar-refractivity contribution is -0.113. The molecule has 0 unspecified atom stereocenters. The van der Waals surface area contributed by atoms with Gasteiger partial charge in [-0.2, -0.15) is 0 Å². The Labute approximate surface area is 195 Å². The van der Waals surface area contributed by atoms with Crippen molar-refractivity contribution in [1.29, 1.82) is 0 Å². The fourth-order valence-electron chi connectivity index (χ4n) is 3.24. The average molecular weight is 484 g/mol. The third kappa shape index (κ3) is 5.13.